The van der Waals surface area contributed by atoms with E-state index >= 15 is 0 Å². The van der Waals surface area contributed by atoms with Gasteiger partial charge in [0.25, 0.3) is 5.91 Å². The molecule has 0 bridgehead atoms. The van der Waals surface area contributed by atoms with E-state index in [9.17, 15) is 9.90 Å². The minimum Gasteiger partial charge on any atom is -0.503 e. The highest BCUT2D eigenvalue weighted by molar-refractivity contribution is 9.10. The van der Waals surface area contributed by atoms with Crippen molar-refractivity contribution in [2.45, 2.75) is 6.92 Å². The van der Waals surface area contributed by atoms with Crippen LogP contribution in [-0.4, -0.2) is 21.9 Å². The number of phenols is 1. The van der Waals surface area contributed by atoms with Crippen LogP contribution in [0.2, 0.25) is 0 Å². The predicted molar refractivity (Wildman–Crippen MR) is 109 cm³/mol. The Balaban J connectivity index is 1.95. The van der Waals surface area contributed by atoms with Gasteiger partial charge >= 0.3 is 0 Å². The zero-order valence-corrected chi connectivity index (χ0v) is 16.5. The fourth-order valence-electron chi connectivity index (χ4n) is 2.36. The minimum absolute atomic E-state index is 0.0378. The third kappa shape index (κ3) is 3.73. The van der Waals surface area contributed by atoms with E-state index < -0.39 is 0 Å². The third-order valence-electron chi connectivity index (χ3n) is 3.46. The Hall–Kier alpha value is -1.83. The minimum atomic E-state index is -0.164. The van der Waals surface area contributed by atoms with Crippen molar-refractivity contribution in [3.63, 3.8) is 0 Å². The fraction of sp³-hybridized carbons (Fsp3) is 0.111. The number of carbonyl (C=O) groups is 1. The summed E-state index contributed by atoms with van der Waals surface area (Å²) in [6.07, 6.45) is 1.74. The molecule has 1 aliphatic rings. The van der Waals surface area contributed by atoms with Gasteiger partial charge in [-0.05, 0) is 58.8 Å². The van der Waals surface area contributed by atoms with Gasteiger partial charge in [0.2, 0.25) is 0 Å². The van der Waals surface area contributed by atoms with E-state index in [0.717, 1.165) is 11.3 Å². The average molecular weight is 436 g/mol. The van der Waals surface area contributed by atoms with Crippen LogP contribution in [0.15, 0.2) is 51.8 Å². The summed E-state index contributed by atoms with van der Waals surface area (Å²) in [5.74, 6) is 0.237. The number of nitrogens with zero attached hydrogens (tertiary/aromatic N) is 1. The highest BCUT2D eigenvalue weighted by Gasteiger charge is 2.33. The van der Waals surface area contributed by atoms with E-state index in [1.54, 1.807) is 18.2 Å². The van der Waals surface area contributed by atoms with Gasteiger partial charge in [-0.15, -0.1) is 0 Å². The van der Waals surface area contributed by atoms with Crippen LogP contribution in [-0.2, 0) is 4.79 Å². The molecule has 1 saturated heterocycles. The van der Waals surface area contributed by atoms with E-state index in [2.05, 4.69) is 15.9 Å². The Kier molecular flexibility index (Phi) is 5.46. The van der Waals surface area contributed by atoms with Crippen LogP contribution in [0.25, 0.3) is 6.08 Å². The summed E-state index contributed by atoms with van der Waals surface area (Å²) in [7, 11) is 0. The highest BCUT2D eigenvalue weighted by Crippen LogP contribution is 2.39. The first-order valence-electron chi connectivity index (χ1n) is 7.49. The van der Waals surface area contributed by atoms with Gasteiger partial charge in [-0.1, -0.05) is 42.2 Å². The van der Waals surface area contributed by atoms with Crippen molar-refractivity contribution < 1.29 is 14.6 Å². The van der Waals surface area contributed by atoms with Crippen molar-refractivity contribution in [1.82, 2.24) is 0 Å². The number of thiocarbonyl (C=S) groups is 1. The van der Waals surface area contributed by atoms with Gasteiger partial charge in [-0.3, -0.25) is 9.69 Å². The quantitative estimate of drug-likeness (QED) is 0.543. The lowest BCUT2D eigenvalue weighted by atomic mass is 10.2. The molecule has 1 amide bonds. The van der Waals surface area contributed by atoms with Crippen LogP contribution in [0.3, 0.4) is 0 Å². The van der Waals surface area contributed by atoms with E-state index in [0.29, 0.717) is 26.1 Å². The SMILES string of the molecule is CCOc1cc(C=C2SC(=S)N(c3ccccc3)C2=O)cc(Br)c1O. The molecule has 7 heteroatoms. The second-order valence-electron chi connectivity index (χ2n) is 5.14. The zero-order valence-electron chi connectivity index (χ0n) is 13.2. The maximum Gasteiger partial charge on any atom is 0.270 e. The number of carbonyl (C=O) groups excluding carboxylic acids is 1. The molecule has 25 heavy (non-hydrogen) atoms. The van der Waals surface area contributed by atoms with Gasteiger partial charge in [0.05, 0.1) is 21.7 Å². The average Bonchev–Trinajstić information content (AvgIpc) is 2.87. The lowest BCUT2D eigenvalue weighted by Crippen LogP contribution is -2.27. The smallest absolute Gasteiger partial charge is 0.270 e. The number of ether oxygens (including phenoxy) is 1. The number of amides is 1. The van der Waals surface area contributed by atoms with Crippen LogP contribution in [0.5, 0.6) is 11.5 Å². The Bertz CT molecular complexity index is 868. The molecule has 3 rings (SSSR count). The molecule has 1 aliphatic heterocycles. The largest absolute Gasteiger partial charge is 0.503 e. The molecule has 4 nitrogen and oxygen atoms in total. The van der Waals surface area contributed by atoms with E-state index in [1.807, 2.05) is 37.3 Å². The number of benzene rings is 2. The number of aromatic hydroxyl groups is 1. The third-order valence-corrected chi connectivity index (χ3v) is 5.36. The molecule has 0 atom stereocenters. The number of hydrogen-bond acceptors (Lipinski definition) is 5. The summed E-state index contributed by atoms with van der Waals surface area (Å²) < 4.78 is 6.42. The first-order chi connectivity index (χ1) is 12.0. The van der Waals surface area contributed by atoms with Crippen molar-refractivity contribution in [1.29, 1.82) is 0 Å². The van der Waals surface area contributed by atoms with Gasteiger partial charge in [-0.25, -0.2) is 0 Å². The molecule has 1 N–H and O–H groups in total. The van der Waals surface area contributed by atoms with Crippen LogP contribution in [0, 0.1) is 0 Å². The first kappa shape index (κ1) is 18.0. The second-order valence-corrected chi connectivity index (χ2v) is 7.67. The Morgan fingerprint density at radius 3 is 2.72 bits per heavy atom. The monoisotopic (exact) mass is 435 g/mol. The fourth-order valence-corrected chi connectivity index (χ4v) is 4.12. The summed E-state index contributed by atoms with van der Waals surface area (Å²) in [4.78, 5) is 14.8. The Morgan fingerprint density at radius 2 is 2.04 bits per heavy atom. The second kappa shape index (κ2) is 7.59. The van der Waals surface area contributed by atoms with Crippen molar-refractivity contribution in [3.8, 4) is 11.5 Å². The number of para-hydroxylation sites is 1. The zero-order chi connectivity index (χ0) is 18.0. The first-order valence-corrected chi connectivity index (χ1v) is 9.51. The molecular weight excluding hydrogens is 422 g/mol. The van der Waals surface area contributed by atoms with Crippen LogP contribution in [0.4, 0.5) is 5.69 Å². The normalized spacial score (nSPS) is 15.9. The van der Waals surface area contributed by atoms with Crippen molar-refractivity contribution in [2.24, 2.45) is 0 Å². The predicted octanol–water partition coefficient (Wildman–Crippen LogP) is 4.96. The molecule has 0 aliphatic carbocycles. The Morgan fingerprint density at radius 1 is 1.32 bits per heavy atom. The number of anilines is 1. The van der Waals surface area contributed by atoms with Gasteiger partial charge in [-0.2, -0.15) is 0 Å². The van der Waals surface area contributed by atoms with E-state index in [1.165, 1.54) is 16.7 Å². The van der Waals surface area contributed by atoms with E-state index in [4.69, 9.17) is 17.0 Å². The summed E-state index contributed by atoms with van der Waals surface area (Å²) in [5, 5.41) is 10.0. The van der Waals surface area contributed by atoms with Crippen molar-refractivity contribution in [2.75, 3.05) is 11.5 Å². The van der Waals surface area contributed by atoms with Gasteiger partial charge < -0.3 is 9.84 Å². The molecule has 0 radical (unpaired) electrons. The number of hydrogen-bond donors (Lipinski definition) is 1. The molecule has 0 spiro atoms. The molecule has 128 valence electrons. The van der Waals surface area contributed by atoms with Gasteiger partial charge in [0.1, 0.15) is 0 Å². The lowest BCUT2D eigenvalue weighted by molar-refractivity contribution is -0.113. The summed E-state index contributed by atoms with van der Waals surface area (Å²) in [6.45, 7) is 2.27. The van der Waals surface area contributed by atoms with Crippen molar-refractivity contribution in [3.05, 3.63) is 57.4 Å². The highest BCUT2D eigenvalue weighted by atomic mass is 79.9. The number of phenolic OH excluding ortho intramolecular Hbond substituents is 1. The van der Waals surface area contributed by atoms with Crippen LogP contribution in [0.1, 0.15) is 12.5 Å². The number of halogens is 1. The van der Waals surface area contributed by atoms with Gasteiger partial charge in [0, 0.05) is 0 Å². The molecular formula is C18H14BrNO3S2. The molecule has 0 aromatic heterocycles. The van der Waals surface area contributed by atoms with Crippen LogP contribution >= 0.6 is 39.9 Å². The van der Waals surface area contributed by atoms with E-state index in [-0.39, 0.29) is 11.7 Å². The molecule has 2 aromatic rings. The van der Waals surface area contributed by atoms with Crippen LogP contribution < -0.4 is 9.64 Å². The van der Waals surface area contributed by atoms with Gasteiger partial charge in [0.15, 0.2) is 15.8 Å². The molecule has 0 unspecified atom stereocenters. The Labute approximate surface area is 163 Å². The van der Waals surface area contributed by atoms with Crippen molar-refractivity contribution >= 4 is 61.9 Å². The molecule has 1 heterocycles. The maximum atomic E-state index is 12.7. The number of thioether (sulfide) groups is 1. The standard InChI is InChI=1S/C18H14BrNO3S2/c1-2-23-14-9-11(8-13(19)16(14)21)10-15-17(22)20(18(24)25-15)12-6-4-3-5-7-12/h3-10,21H,2H2,1H3. The molecule has 2 aromatic carbocycles. The lowest BCUT2D eigenvalue weighted by Gasteiger charge is -2.13. The molecule has 0 saturated carbocycles. The molecule has 1 fully saturated rings. The summed E-state index contributed by atoms with van der Waals surface area (Å²) >= 11 is 9.92. The number of rotatable bonds is 4. The topological polar surface area (TPSA) is 49.8 Å². The maximum absolute atomic E-state index is 12.7. The summed E-state index contributed by atoms with van der Waals surface area (Å²) in [6, 6.07) is 12.7. The summed E-state index contributed by atoms with van der Waals surface area (Å²) in [5.41, 5.74) is 1.48.